The average molecular weight is 479 g/mol. The fraction of sp³-hybridized carbons (Fsp3) is 0.667. The molecule has 0 aromatic carbocycles. The fourth-order valence-electron chi connectivity index (χ4n) is 5.97. The van der Waals surface area contributed by atoms with Gasteiger partial charge in [-0.05, 0) is 55.1 Å². The third kappa shape index (κ3) is 4.78. The number of alkyl halides is 2. The van der Waals surface area contributed by atoms with Crippen LogP contribution in [0.2, 0.25) is 0 Å². The molecular weight excluding hydrogens is 446 g/mol. The van der Waals surface area contributed by atoms with Crippen molar-refractivity contribution in [2.24, 2.45) is 10.8 Å². The van der Waals surface area contributed by atoms with E-state index in [2.05, 4.69) is 15.2 Å². The number of carbonyl (C=O) groups excluding carboxylic acids is 1. The Morgan fingerprint density at radius 3 is 2.59 bits per heavy atom. The van der Waals surface area contributed by atoms with E-state index < -0.39 is 34.3 Å². The van der Waals surface area contributed by atoms with Crippen molar-refractivity contribution in [1.82, 2.24) is 20.1 Å². The van der Waals surface area contributed by atoms with Crippen molar-refractivity contribution in [3.63, 3.8) is 0 Å². The molecule has 2 aliphatic rings. The summed E-state index contributed by atoms with van der Waals surface area (Å²) in [4.78, 5) is 18.2. The molecule has 8 nitrogen and oxygen atoms in total. The van der Waals surface area contributed by atoms with E-state index in [1.165, 1.54) is 6.20 Å². The summed E-state index contributed by atoms with van der Waals surface area (Å²) in [5.74, 6) is -4.57. The molecule has 34 heavy (non-hydrogen) atoms. The molecule has 0 radical (unpaired) electrons. The summed E-state index contributed by atoms with van der Waals surface area (Å²) >= 11 is 0. The van der Waals surface area contributed by atoms with Crippen molar-refractivity contribution in [2.45, 2.75) is 84.0 Å². The minimum absolute atomic E-state index is 0.0144. The van der Waals surface area contributed by atoms with Gasteiger partial charge in [-0.2, -0.15) is 8.78 Å². The number of pyridine rings is 1. The summed E-state index contributed by atoms with van der Waals surface area (Å²) in [6.45, 7) is 7.53. The summed E-state index contributed by atoms with van der Waals surface area (Å²) in [5, 5.41) is 19.1. The third-order valence-electron chi connectivity index (χ3n) is 6.63. The van der Waals surface area contributed by atoms with E-state index in [0.717, 1.165) is 4.90 Å². The molecule has 1 aliphatic carbocycles. The Balaban J connectivity index is 1.50. The number of hydrogen-bond acceptors (Lipinski definition) is 7. The fourth-order valence-corrected chi connectivity index (χ4v) is 5.97. The first kappa shape index (κ1) is 24.5. The minimum Gasteiger partial charge on any atom is -0.482 e. The van der Waals surface area contributed by atoms with Crippen molar-refractivity contribution in [2.75, 3.05) is 6.54 Å². The zero-order valence-corrected chi connectivity index (χ0v) is 20.1. The Morgan fingerprint density at radius 2 is 1.94 bits per heavy atom. The van der Waals surface area contributed by atoms with Crippen LogP contribution in [0, 0.1) is 10.8 Å². The zero-order valence-electron chi connectivity index (χ0n) is 20.1. The lowest BCUT2D eigenvalue weighted by atomic mass is 9.58. The van der Waals surface area contributed by atoms with Crippen LogP contribution in [0.1, 0.15) is 77.6 Å². The van der Waals surface area contributed by atoms with Gasteiger partial charge in [0, 0.05) is 12.7 Å². The number of rotatable bonds is 6. The number of carbonyl (C=O) groups is 1. The highest BCUT2D eigenvalue weighted by atomic mass is 19.3. The van der Waals surface area contributed by atoms with Gasteiger partial charge in [0.15, 0.2) is 6.61 Å². The van der Waals surface area contributed by atoms with E-state index in [0.29, 0.717) is 25.0 Å². The van der Waals surface area contributed by atoms with Crippen LogP contribution in [0.3, 0.4) is 0 Å². The monoisotopic (exact) mass is 478 g/mol. The molecule has 0 bridgehead atoms. The van der Waals surface area contributed by atoms with Gasteiger partial charge in [-0.1, -0.05) is 27.7 Å². The summed E-state index contributed by atoms with van der Waals surface area (Å²) in [6, 6.07) is 2.67. The first-order chi connectivity index (χ1) is 15.8. The molecular formula is C24H32F2N4O4. The highest BCUT2D eigenvalue weighted by Gasteiger charge is 2.65. The van der Waals surface area contributed by atoms with Crippen LogP contribution in [0.15, 0.2) is 28.9 Å². The van der Waals surface area contributed by atoms with Crippen molar-refractivity contribution in [1.29, 1.82) is 0 Å². The number of aromatic nitrogens is 3. The number of likely N-dealkylation sites (tertiary alicyclic amines) is 1. The van der Waals surface area contributed by atoms with Gasteiger partial charge in [0.25, 0.3) is 11.8 Å². The van der Waals surface area contributed by atoms with Gasteiger partial charge in [-0.15, -0.1) is 10.2 Å². The largest absolute Gasteiger partial charge is 0.482 e. The van der Waals surface area contributed by atoms with Gasteiger partial charge >= 0.3 is 5.92 Å². The highest BCUT2D eigenvalue weighted by molar-refractivity contribution is 5.85. The number of hydrogen-bond donors (Lipinski definition) is 1. The molecule has 1 saturated carbocycles. The predicted molar refractivity (Wildman–Crippen MR) is 118 cm³/mol. The van der Waals surface area contributed by atoms with Crippen molar-refractivity contribution >= 4 is 5.91 Å². The molecule has 2 aromatic rings. The van der Waals surface area contributed by atoms with Crippen LogP contribution in [0.5, 0.6) is 5.75 Å². The number of aliphatic hydroxyl groups is 1. The Hall–Kier alpha value is -2.62. The summed E-state index contributed by atoms with van der Waals surface area (Å²) < 4.78 is 42.6. The molecule has 1 aliphatic heterocycles. The van der Waals surface area contributed by atoms with Crippen molar-refractivity contribution in [3.8, 4) is 5.75 Å². The maximum absolute atomic E-state index is 15.7. The zero-order chi connectivity index (χ0) is 24.8. The quantitative estimate of drug-likeness (QED) is 0.660. The maximum Gasteiger partial charge on any atom is 0.352 e. The van der Waals surface area contributed by atoms with Crippen LogP contribution in [-0.4, -0.2) is 49.2 Å². The van der Waals surface area contributed by atoms with Gasteiger partial charge < -0.3 is 19.2 Å². The average Bonchev–Trinajstić information content (AvgIpc) is 3.39. The molecule has 0 spiro atoms. The Morgan fingerprint density at radius 1 is 1.24 bits per heavy atom. The van der Waals surface area contributed by atoms with Gasteiger partial charge in [0.1, 0.15) is 17.4 Å². The first-order valence-electron chi connectivity index (χ1n) is 11.6. The van der Waals surface area contributed by atoms with E-state index in [4.69, 9.17) is 9.15 Å². The second-order valence-corrected chi connectivity index (χ2v) is 11.1. The summed E-state index contributed by atoms with van der Waals surface area (Å²) in [5.41, 5.74) is -3.49. The van der Waals surface area contributed by atoms with E-state index in [-0.39, 0.29) is 37.8 Å². The lowest BCUT2D eigenvalue weighted by Gasteiger charge is -2.51. The number of nitrogens with zero attached hydrogens (tertiary/aromatic N) is 4. The molecule has 1 atom stereocenters. The summed E-state index contributed by atoms with van der Waals surface area (Å²) in [6.07, 6.45) is 4.47. The smallest absolute Gasteiger partial charge is 0.352 e. The Kier molecular flexibility index (Phi) is 6.16. The Labute approximate surface area is 197 Å². The van der Waals surface area contributed by atoms with Crippen LogP contribution >= 0.6 is 0 Å². The molecule has 1 saturated heterocycles. The van der Waals surface area contributed by atoms with Crippen LogP contribution in [-0.2, 0) is 11.4 Å². The molecule has 2 fully saturated rings. The SMILES string of the molecule is CC1(C)CC(C)(C)CC(O)(C(F)(F)C(=O)N2CCC[C@H]2c2nnc(COc3cccnc3)o2)C1. The van der Waals surface area contributed by atoms with Crippen LogP contribution in [0.25, 0.3) is 0 Å². The molecule has 1 N–H and O–H groups in total. The number of ether oxygens (including phenoxy) is 1. The van der Waals surface area contributed by atoms with Crippen LogP contribution in [0.4, 0.5) is 8.78 Å². The number of amides is 1. The standard InChI is InChI=1S/C24H32F2N4O4/c1-21(2)13-22(3,4)15-23(32,14-21)24(25,26)20(31)30-10-6-8-17(30)19-29-28-18(34-19)12-33-16-7-5-9-27-11-16/h5,7,9,11,17,32H,6,8,10,12-15H2,1-4H3/t17-/m0/s1. The molecule has 0 unspecified atom stereocenters. The van der Waals surface area contributed by atoms with Gasteiger partial charge in [-0.3, -0.25) is 9.78 Å². The lowest BCUT2D eigenvalue weighted by molar-refractivity contribution is -0.231. The third-order valence-corrected chi connectivity index (χ3v) is 6.63. The van der Waals surface area contributed by atoms with Gasteiger partial charge in [0.2, 0.25) is 5.89 Å². The molecule has 10 heteroatoms. The normalized spacial score (nSPS) is 23.6. The Bertz CT molecular complexity index is 1010. The number of halogens is 2. The van der Waals surface area contributed by atoms with E-state index in [1.54, 1.807) is 18.3 Å². The molecule has 1 amide bonds. The van der Waals surface area contributed by atoms with Gasteiger partial charge in [-0.25, -0.2) is 0 Å². The van der Waals surface area contributed by atoms with E-state index in [1.807, 2.05) is 27.7 Å². The van der Waals surface area contributed by atoms with Gasteiger partial charge in [0.05, 0.1) is 6.20 Å². The van der Waals surface area contributed by atoms with Crippen LogP contribution < -0.4 is 4.74 Å². The van der Waals surface area contributed by atoms with Crippen molar-refractivity contribution in [3.05, 3.63) is 36.3 Å². The van der Waals surface area contributed by atoms with E-state index >= 15 is 8.78 Å². The second kappa shape index (κ2) is 8.55. The lowest BCUT2D eigenvalue weighted by Crippen LogP contribution is -2.62. The topological polar surface area (TPSA) is 102 Å². The second-order valence-electron chi connectivity index (χ2n) is 11.1. The maximum atomic E-state index is 15.7. The predicted octanol–water partition coefficient (Wildman–Crippen LogP) is 4.31. The summed E-state index contributed by atoms with van der Waals surface area (Å²) in [7, 11) is 0. The highest BCUT2D eigenvalue weighted by Crippen LogP contribution is 2.55. The van der Waals surface area contributed by atoms with E-state index in [9.17, 15) is 9.90 Å². The minimum atomic E-state index is -3.95. The molecule has 2 aromatic heterocycles. The molecule has 3 heterocycles. The first-order valence-corrected chi connectivity index (χ1v) is 11.6. The van der Waals surface area contributed by atoms with Crippen molar-refractivity contribution < 1.29 is 27.8 Å². The molecule has 186 valence electrons. The molecule has 4 rings (SSSR count).